The third-order valence-electron chi connectivity index (χ3n) is 6.87. The fourth-order valence-corrected chi connectivity index (χ4v) is 4.85. The third-order valence-corrected chi connectivity index (χ3v) is 6.87. The first-order valence-corrected chi connectivity index (χ1v) is 12.2. The molecule has 1 saturated heterocycles. The summed E-state index contributed by atoms with van der Waals surface area (Å²) in [5.74, 6) is 1.08. The SMILES string of the molecule is O=C(O)N(Cc1cc2c(cn1)OCCO2)C1CCN(CCn2c(=O)ccc3ncc(C(F)(F)F)cc32)CC1. The molecular formula is C25H26F3N5O5. The number of piperidine rings is 1. The summed E-state index contributed by atoms with van der Waals surface area (Å²) in [7, 11) is 0. The summed E-state index contributed by atoms with van der Waals surface area (Å²) >= 11 is 0. The Balaban J connectivity index is 1.22. The van der Waals surface area contributed by atoms with Crippen molar-refractivity contribution in [3.05, 3.63) is 58.3 Å². The highest BCUT2D eigenvalue weighted by atomic mass is 19.4. The van der Waals surface area contributed by atoms with E-state index in [4.69, 9.17) is 9.47 Å². The average molecular weight is 534 g/mol. The number of carbonyl (C=O) groups is 1. The van der Waals surface area contributed by atoms with Gasteiger partial charge >= 0.3 is 12.3 Å². The lowest BCUT2D eigenvalue weighted by atomic mass is 10.0. The topological polar surface area (TPSA) is 110 Å². The molecule has 3 aromatic rings. The maximum absolute atomic E-state index is 13.2. The van der Waals surface area contributed by atoms with Crippen LogP contribution in [0, 0.1) is 0 Å². The highest BCUT2D eigenvalue weighted by molar-refractivity contribution is 5.75. The van der Waals surface area contributed by atoms with Crippen molar-refractivity contribution in [3.63, 3.8) is 0 Å². The highest BCUT2D eigenvalue weighted by Crippen LogP contribution is 2.31. The summed E-state index contributed by atoms with van der Waals surface area (Å²) in [6.07, 6.45) is -2.17. The van der Waals surface area contributed by atoms with Gasteiger partial charge in [-0.25, -0.2) is 4.79 Å². The largest absolute Gasteiger partial charge is 0.486 e. The van der Waals surface area contributed by atoms with Gasteiger partial charge in [-0.1, -0.05) is 0 Å². The predicted octanol–water partition coefficient (Wildman–Crippen LogP) is 3.23. The van der Waals surface area contributed by atoms with Gasteiger partial charge in [0.15, 0.2) is 11.5 Å². The molecule has 5 rings (SSSR count). The Morgan fingerprint density at radius 1 is 1.05 bits per heavy atom. The van der Waals surface area contributed by atoms with Gasteiger partial charge in [0.05, 0.1) is 35.0 Å². The zero-order valence-corrected chi connectivity index (χ0v) is 20.4. The van der Waals surface area contributed by atoms with Gasteiger partial charge in [0.2, 0.25) is 0 Å². The summed E-state index contributed by atoms with van der Waals surface area (Å²) in [5.41, 5.74) is -0.322. The molecule has 3 aromatic heterocycles. The van der Waals surface area contributed by atoms with Crippen LogP contribution < -0.4 is 15.0 Å². The van der Waals surface area contributed by atoms with Gasteiger partial charge in [0.1, 0.15) is 13.2 Å². The second-order valence-corrected chi connectivity index (χ2v) is 9.25. The number of fused-ring (bicyclic) bond motifs is 2. The first-order chi connectivity index (χ1) is 18.2. The lowest BCUT2D eigenvalue weighted by molar-refractivity contribution is -0.137. The number of hydrogen-bond acceptors (Lipinski definition) is 7. The van der Waals surface area contributed by atoms with Crippen LogP contribution in [0.1, 0.15) is 24.1 Å². The molecular weight excluding hydrogens is 507 g/mol. The van der Waals surface area contributed by atoms with Gasteiger partial charge in [-0.2, -0.15) is 13.2 Å². The van der Waals surface area contributed by atoms with Crippen LogP contribution in [0.5, 0.6) is 11.5 Å². The van der Waals surface area contributed by atoms with E-state index in [-0.39, 0.29) is 24.6 Å². The van der Waals surface area contributed by atoms with Crippen LogP contribution in [0.2, 0.25) is 0 Å². The Morgan fingerprint density at radius 3 is 2.50 bits per heavy atom. The molecule has 10 nitrogen and oxygen atoms in total. The number of hydrogen-bond donors (Lipinski definition) is 1. The zero-order chi connectivity index (χ0) is 26.9. The van der Waals surface area contributed by atoms with Gasteiger partial charge in [0.25, 0.3) is 5.56 Å². The van der Waals surface area contributed by atoms with Crippen molar-refractivity contribution in [2.24, 2.45) is 0 Å². The summed E-state index contributed by atoms with van der Waals surface area (Å²) in [4.78, 5) is 36.2. The molecule has 0 radical (unpaired) electrons. The molecule has 2 aliphatic rings. The average Bonchev–Trinajstić information content (AvgIpc) is 2.90. The van der Waals surface area contributed by atoms with Crippen molar-refractivity contribution < 1.29 is 32.5 Å². The van der Waals surface area contributed by atoms with E-state index in [0.29, 0.717) is 68.4 Å². The standard InChI is InChI=1S/C25H26F3N5O5/c26-25(27,28)16-11-20-19(30-13-16)1-2-23(34)32(20)8-7-31-5-3-18(4-6-31)33(24(35)36)15-17-12-21-22(14-29-17)38-10-9-37-21/h1-2,11-14,18H,3-10,15H2,(H,35,36). The number of rotatable bonds is 6. The van der Waals surface area contributed by atoms with Crippen molar-refractivity contribution in [3.8, 4) is 11.5 Å². The molecule has 38 heavy (non-hydrogen) atoms. The summed E-state index contributed by atoms with van der Waals surface area (Å²) in [6, 6.07) is 5.13. The monoisotopic (exact) mass is 533 g/mol. The number of ether oxygens (including phenoxy) is 2. The van der Waals surface area contributed by atoms with E-state index in [9.17, 15) is 27.9 Å². The molecule has 0 unspecified atom stereocenters. The molecule has 13 heteroatoms. The molecule has 0 aromatic carbocycles. The Bertz CT molecular complexity index is 1390. The summed E-state index contributed by atoms with van der Waals surface area (Å²) in [5, 5.41) is 9.86. The fraction of sp³-hybridized carbons (Fsp3) is 0.440. The number of pyridine rings is 3. The lowest BCUT2D eigenvalue weighted by Gasteiger charge is -2.37. The van der Waals surface area contributed by atoms with Crippen LogP contribution in [-0.4, -0.2) is 74.4 Å². The third kappa shape index (κ3) is 5.52. The minimum absolute atomic E-state index is 0.108. The van der Waals surface area contributed by atoms with Gasteiger partial charge in [-0.15, -0.1) is 0 Å². The molecule has 0 spiro atoms. The van der Waals surface area contributed by atoms with Gasteiger partial charge in [-0.05, 0) is 25.0 Å². The van der Waals surface area contributed by atoms with Crippen molar-refractivity contribution >= 4 is 17.1 Å². The van der Waals surface area contributed by atoms with Crippen LogP contribution in [0.25, 0.3) is 11.0 Å². The highest BCUT2D eigenvalue weighted by Gasteiger charge is 2.32. The number of amides is 1. The number of carboxylic acid groups (broad SMARTS) is 1. The van der Waals surface area contributed by atoms with E-state index in [2.05, 4.69) is 14.9 Å². The van der Waals surface area contributed by atoms with Crippen molar-refractivity contribution in [2.75, 3.05) is 32.8 Å². The van der Waals surface area contributed by atoms with Crippen LogP contribution in [-0.2, 0) is 19.3 Å². The van der Waals surface area contributed by atoms with Crippen LogP contribution in [0.15, 0.2) is 41.5 Å². The first-order valence-electron chi connectivity index (χ1n) is 12.2. The van der Waals surface area contributed by atoms with Crippen molar-refractivity contribution in [1.82, 2.24) is 24.3 Å². The Kier molecular flexibility index (Phi) is 7.11. The quantitative estimate of drug-likeness (QED) is 0.515. The normalized spacial score (nSPS) is 16.5. The molecule has 1 fully saturated rings. The minimum Gasteiger partial charge on any atom is -0.486 e. The fourth-order valence-electron chi connectivity index (χ4n) is 4.85. The lowest BCUT2D eigenvalue weighted by Crippen LogP contribution is -2.47. The Labute approximate surface area is 215 Å². The molecule has 0 aliphatic carbocycles. The van der Waals surface area contributed by atoms with Gasteiger partial charge in [0, 0.05) is 50.6 Å². The van der Waals surface area contributed by atoms with E-state index < -0.39 is 23.4 Å². The molecule has 0 atom stereocenters. The second-order valence-electron chi connectivity index (χ2n) is 9.25. The van der Waals surface area contributed by atoms with Gasteiger partial charge < -0.3 is 24.0 Å². The maximum atomic E-state index is 13.2. The number of halogens is 3. The molecule has 1 N–H and O–H groups in total. The molecule has 1 amide bonds. The van der Waals surface area contributed by atoms with E-state index >= 15 is 0 Å². The van der Waals surface area contributed by atoms with E-state index in [1.807, 2.05) is 0 Å². The van der Waals surface area contributed by atoms with Gasteiger partial charge in [-0.3, -0.25) is 19.7 Å². The van der Waals surface area contributed by atoms with E-state index in [0.717, 1.165) is 12.3 Å². The van der Waals surface area contributed by atoms with E-state index in [1.165, 1.54) is 27.8 Å². The maximum Gasteiger partial charge on any atom is 0.417 e. The number of alkyl halides is 3. The zero-order valence-electron chi connectivity index (χ0n) is 20.4. The first kappa shape index (κ1) is 25.8. The van der Waals surface area contributed by atoms with Crippen molar-refractivity contribution in [2.45, 2.75) is 38.1 Å². The number of aromatic nitrogens is 3. The molecule has 0 saturated carbocycles. The smallest absolute Gasteiger partial charge is 0.417 e. The molecule has 0 bridgehead atoms. The van der Waals surface area contributed by atoms with E-state index in [1.54, 1.807) is 6.07 Å². The van der Waals surface area contributed by atoms with Crippen LogP contribution in [0.4, 0.5) is 18.0 Å². The second kappa shape index (κ2) is 10.5. The minimum atomic E-state index is -4.56. The summed E-state index contributed by atoms with van der Waals surface area (Å²) in [6.45, 7) is 2.74. The molecule has 2 aliphatic heterocycles. The molecule has 5 heterocycles. The summed E-state index contributed by atoms with van der Waals surface area (Å²) < 4.78 is 51.9. The molecule has 202 valence electrons. The number of likely N-dealkylation sites (tertiary alicyclic amines) is 1. The van der Waals surface area contributed by atoms with Crippen molar-refractivity contribution in [1.29, 1.82) is 0 Å². The Hall–Kier alpha value is -3.87. The number of nitrogens with zero attached hydrogens (tertiary/aromatic N) is 5. The van der Waals surface area contributed by atoms with Crippen LogP contribution in [0.3, 0.4) is 0 Å². The predicted molar refractivity (Wildman–Crippen MR) is 129 cm³/mol. The Morgan fingerprint density at radius 2 is 1.79 bits per heavy atom. The van der Waals surface area contributed by atoms with Crippen LogP contribution >= 0.6 is 0 Å².